The second-order valence-corrected chi connectivity index (χ2v) is 5.57. The molecule has 98 valence electrons. The molecule has 0 spiro atoms. The highest BCUT2D eigenvalue weighted by atomic mass is 35.5. The molecule has 0 radical (unpaired) electrons. The lowest BCUT2D eigenvalue weighted by molar-refractivity contribution is -0.123. The van der Waals surface area contributed by atoms with E-state index in [4.69, 9.17) is 11.6 Å². The SMILES string of the molecule is Cc1cccc(CCC(=O)NC2(CCl)CCC2)c1. The van der Waals surface area contributed by atoms with Gasteiger partial charge >= 0.3 is 0 Å². The number of halogens is 1. The average Bonchev–Trinajstić information content (AvgIpc) is 2.31. The molecule has 1 amide bonds. The first-order valence-electron chi connectivity index (χ1n) is 6.56. The van der Waals surface area contributed by atoms with Gasteiger partial charge in [0.15, 0.2) is 0 Å². The Morgan fingerprint density at radius 1 is 1.44 bits per heavy atom. The van der Waals surface area contributed by atoms with Crippen LogP contribution in [0.5, 0.6) is 0 Å². The number of hydrogen-bond acceptors (Lipinski definition) is 1. The zero-order valence-electron chi connectivity index (χ0n) is 10.8. The molecule has 0 atom stereocenters. The van der Waals surface area contributed by atoms with E-state index in [9.17, 15) is 4.79 Å². The lowest BCUT2D eigenvalue weighted by Crippen LogP contribution is -2.55. The average molecular weight is 266 g/mol. The van der Waals surface area contributed by atoms with Crippen molar-refractivity contribution in [3.63, 3.8) is 0 Å². The van der Waals surface area contributed by atoms with E-state index in [2.05, 4.69) is 30.4 Å². The van der Waals surface area contributed by atoms with Gasteiger partial charge in [0.1, 0.15) is 0 Å². The van der Waals surface area contributed by atoms with Gasteiger partial charge < -0.3 is 5.32 Å². The van der Waals surface area contributed by atoms with Crippen molar-refractivity contribution in [3.8, 4) is 0 Å². The van der Waals surface area contributed by atoms with E-state index < -0.39 is 0 Å². The van der Waals surface area contributed by atoms with Crippen molar-refractivity contribution in [1.82, 2.24) is 5.32 Å². The zero-order valence-corrected chi connectivity index (χ0v) is 11.6. The smallest absolute Gasteiger partial charge is 0.220 e. The second-order valence-electron chi connectivity index (χ2n) is 5.30. The van der Waals surface area contributed by atoms with Gasteiger partial charge in [-0.05, 0) is 38.2 Å². The number of carbonyl (C=O) groups is 1. The summed E-state index contributed by atoms with van der Waals surface area (Å²) < 4.78 is 0. The van der Waals surface area contributed by atoms with Gasteiger partial charge in [-0.25, -0.2) is 0 Å². The Kier molecular flexibility index (Phi) is 4.28. The maximum Gasteiger partial charge on any atom is 0.220 e. The fourth-order valence-corrected chi connectivity index (χ4v) is 2.71. The largest absolute Gasteiger partial charge is 0.349 e. The molecule has 0 heterocycles. The number of alkyl halides is 1. The summed E-state index contributed by atoms with van der Waals surface area (Å²) in [5.74, 6) is 0.653. The van der Waals surface area contributed by atoms with Gasteiger partial charge in [-0.1, -0.05) is 29.8 Å². The van der Waals surface area contributed by atoms with E-state index in [-0.39, 0.29) is 11.4 Å². The molecule has 2 nitrogen and oxygen atoms in total. The predicted octanol–water partition coefficient (Wildman–Crippen LogP) is 3.21. The molecule has 1 aliphatic rings. The van der Waals surface area contributed by atoms with Crippen LogP contribution in [0, 0.1) is 6.92 Å². The maximum absolute atomic E-state index is 11.9. The molecule has 1 saturated carbocycles. The molecule has 1 N–H and O–H groups in total. The molecular formula is C15H20ClNO. The first-order chi connectivity index (χ1) is 8.63. The second kappa shape index (κ2) is 5.75. The fraction of sp³-hybridized carbons (Fsp3) is 0.533. The molecule has 0 saturated heterocycles. The number of hydrogen-bond donors (Lipinski definition) is 1. The Morgan fingerprint density at radius 3 is 2.78 bits per heavy atom. The molecule has 1 aliphatic carbocycles. The molecule has 1 fully saturated rings. The summed E-state index contributed by atoms with van der Waals surface area (Å²) in [4.78, 5) is 11.9. The van der Waals surface area contributed by atoms with Crippen molar-refractivity contribution >= 4 is 17.5 Å². The molecule has 1 aromatic carbocycles. The summed E-state index contributed by atoms with van der Waals surface area (Å²) in [6.07, 6.45) is 4.55. The summed E-state index contributed by atoms with van der Waals surface area (Å²) in [5.41, 5.74) is 2.36. The molecule has 3 heteroatoms. The lowest BCUT2D eigenvalue weighted by Gasteiger charge is -2.41. The van der Waals surface area contributed by atoms with E-state index in [1.165, 1.54) is 17.5 Å². The highest BCUT2D eigenvalue weighted by Gasteiger charge is 2.37. The van der Waals surface area contributed by atoms with Crippen LogP contribution in [0.1, 0.15) is 36.8 Å². The highest BCUT2D eigenvalue weighted by Crippen LogP contribution is 2.32. The van der Waals surface area contributed by atoms with E-state index in [1.807, 2.05) is 6.07 Å². The van der Waals surface area contributed by atoms with Crippen molar-refractivity contribution in [3.05, 3.63) is 35.4 Å². The molecular weight excluding hydrogens is 246 g/mol. The third-order valence-corrected chi connectivity index (χ3v) is 4.21. The third kappa shape index (κ3) is 3.26. The zero-order chi connectivity index (χ0) is 13.0. The number of benzene rings is 1. The van der Waals surface area contributed by atoms with Crippen molar-refractivity contribution in [2.75, 3.05) is 5.88 Å². The minimum Gasteiger partial charge on any atom is -0.349 e. The molecule has 1 aromatic rings. The van der Waals surface area contributed by atoms with Crippen LogP contribution in [0.2, 0.25) is 0 Å². The summed E-state index contributed by atoms with van der Waals surface area (Å²) in [7, 11) is 0. The van der Waals surface area contributed by atoms with Crippen LogP contribution in [0.4, 0.5) is 0 Å². The van der Waals surface area contributed by atoms with Gasteiger partial charge in [0.25, 0.3) is 0 Å². The van der Waals surface area contributed by atoms with E-state index in [0.717, 1.165) is 19.3 Å². The van der Waals surface area contributed by atoms with E-state index in [1.54, 1.807) is 0 Å². The standard InChI is InChI=1S/C15H20ClNO/c1-12-4-2-5-13(10-12)6-7-14(18)17-15(11-16)8-3-9-15/h2,4-5,10H,3,6-9,11H2,1H3,(H,17,18). The summed E-state index contributed by atoms with van der Waals surface area (Å²) in [6.45, 7) is 2.07. The summed E-state index contributed by atoms with van der Waals surface area (Å²) in [6, 6.07) is 8.31. The first-order valence-corrected chi connectivity index (χ1v) is 7.10. The van der Waals surface area contributed by atoms with Crippen molar-refractivity contribution in [2.24, 2.45) is 0 Å². The van der Waals surface area contributed by atoms with Gasteiger partial charge in [-0.15, -0.1) is 11.6 Å². The van der Waals surface area contributed by atoms with Gasteiger partial charge in [0.05, 0.1) is 5.54 Å². The number of nitrogens with one attached hydrogen (secondary N) is 1. The first kappa shape index (κ1) is 13.4. The van der Waals surface area contributed by atoms with Crippen LogP contribution in [0.3, 0.4) is 0 Å². The van der Waals surface area contributed by atoms with E-state index >= 15 is 0 Å². The lowest BCUT2D eigenvalue weighted by atomic mass is 9.78. The highest BCUT2D eigenvalue weighted by molar-refractivity contribution is 6.18. The quantitative estimate of drug-likeness (QED) is 0.814. The Balaban J connectivity index is 1.81. The van der Waals surface area contributed by atoms with Crippen molar-refractivity contribution in [2.45, 2.75) is 44.6 Å². The minimum atomic E-state index is -0.106. The summed E-state index contributed by atoms with van der Waals surface area (Å²) in [5, 5.41) is 3.09. The van der Waals surface area contributed by atoms with Crippen LogP contribution in [0.15, 0.2) is 24.3 Å². The summed E-state index contributed by atoms with van der Waals surface area (Å²) >= 11 is 5.93. The molecule has 0 aliphatic heterocycles. The van der Waals surface area contributed by atoms with Crippen LogP contribution < -0.4 is 5.32 Å². The Hall–Kier alpha value is -1.02. The molecule has 0 aromatic heterocycles. The predicted molar refractivity (Wildman–Crippen MR) is 74.9 cm³/mol. The molecule has 0 unspecified atom stereocenters. The Morgan fingerprint density at radius 2 is 2.22 bits per heavy atom. The molecule has 0 bridgehead atoms. The fourth-order valence-electron chi connectivity index (χ4n) is 2.38. The monoisotopic (exact) mass is 265 g/mol. The van der Waals surface area contributed by atoms with Crippen LogP contribution >= 0.6 is 11.6 Å². The van der Waals surface area contributed by atoms with Crippen LogP contribution in [0.25, 0.3) is 0 Å². The van der Waals surface area contributed by atoms with Gasteiger partial charge in [0, 0.05) is 12.3 Å². The number of aryl methyl sites for hydroxylation is 2. The normalized spacial score (nSPS) is 17.0. The topological polar surface area (TPSA) is 29.1 Å². The number of rotatable bonds is 5. The molecule has 18 heavy (non-hydrogen) atoms. The Labute approximate surface area is 114 Å². The number of amides is 1. The van der Waals surface area contributed by atoms with Gasteiger partial charge in [0.2, 0.25) is 5.91 Å². The van der Waals surface area contributed by atoms with Gasteiger partial charge in [-0.2, -0.15) is 0 Å². The Bertz CT molecular complexity index is 421. The number of carbonyl (C=O) groups excluding carboxylic acids is 1. The van der Waals surface area contributed by atoms with Crippen LogP contribution in [-0.2, 0) is 11.2 Å². The van der Waals surface area contributed by atoms with E-state index in [0.29, 0.717) is 12.3 Å². The van der Waals surface area contributed by atoms with Crippen molar-refractivity contribution in [1.29, 1.82) is 0 Å². The minimum absolute atomic E-state index is 0.106. The molecule has 2 rings (SSSR count). The maximum atomic E-state index is 11.9. The third-order valence-electron chi connectivity index (χ3n) is 3.69. The van der Waals surface area contributed by atoms with Crippen LogP contribution in [-0.4, -0.2) is 17.3 Å². The van der Waals surface area contributed by atoms with Gasteiger partial charge in [-0.3, -0.25) is 4.79 Å². The van der Waals surface area contributed by atoms with Crippen molar-refractivity contribution < 1.29 is 4.79 Å².